The Morgan fingerprint density at radius 1 is 0.857 bits per heavy atom. The quantitative estimate of drug-likeness (QED) is 0.531. The van der Waals surface area contributed by atoms with Crippen LogP contribution in [0.3, 0.4) is 0 Å². The lowest BCUT2D eigenvalue weighted by Crippen LogP contribution is -2.05. The highest BCUT2D eigenvalue weighted by Crippen LogP contribution is 2.26. The van der Waals surface area contributed by atoms with Gasteiger partial charge in [0.25, 0.3) is 0 Å². The SMILES string of the molecule is N#Cc1ccccc1S(=O)(=O)c1ccc(N)c(C#Cc2ccc(F)cc2F)c1. The van der Waals surface area contributed by atoms with Crippen molar-refractivity contribution in [1.29, 1.82) is 5.26 Å². The summed E-state index contributed by atoms with van der Waals surface area (Å²) in [7, 11) is -3.99. The number of nitrogens with two attached hydrogens (primary N) is 1. The first-order valence-electron chi connectivity index (χ1n) is 7.94. The molecule has 0 aliphatic rings. The van der Waals surface area contributed by atoms with Crippen LogP contribution >= 0.6 is 0 Å². The molecule has 0 saturated carbocycles. The predicted molar refractivity (Wildman–Crippen MR) is 99.8 cm³/mol. The van der Waals surface area contributed by atoms with Crippen molar-refractivity contribution in [3.8, 4) is 17.9 Å². The smallest absolute Gasteiger partial charge is 0.207 e. The van der Waals surface area contributed by atoms with E-state index in [-0.39, 0.29) is 32.2 Å². The van der Waals surface area contributed by atoms with Crippen LogP contribution in [-0.2, 0) is 9.84 Å². The Morgan fingerprint density at radius 2 is 1.57 bits per heavy atom. The van der Waals surface area contributed by atoms with Crippen molar-refractivity contribution >= 4 is 15.5 Å². The van der Waals surface area contributed by atoms with Gasteiger partial charge in [-0.05, 0) is 42.5 Å². The van der Waals surface area contributed by atoms with Gasteiger partial charge >= 0.3 is 0 Å². The van der Waals surface area contributed by atoms with Gasteiger partial charge in [0.1, 0.15) is 17.7 Å². The standard InChI is InChI=1S/C21H12F2N2O2S/c22-17-8-7-14(19(23)12-17)5-6-15-11-18(9-10-20(15)25)28(26,27)21-4-2-1-3-16(21)13-24/h1-4,7-12H,25H2. The zero-order valence-electron chi connectivity index (χ0n) is 14.3. The number of nitriles is 1. The Bertz CT molecular complexity index is 1280. The summed E-state index contributed by atoms with van der Waals surface area (Å²) in [6, 6.07) is 14.6. The molecule has 28 heavy (non-hydrogen) atoms. The third kappa shape index (κ3) is 3.71. The van der Waals surface area contributed by atoms with E-state index in [1.165, 1.54) is 42.5 Å². The third-order valence-corrected chi connectivity index (χ3v) is 5.70. The first kappa shape index (κ1) is 19.1. The van der Waals surface area contributed by atoms with Crippen LogP contribution in [0.2, 0.25) is 0 Å². The number of nitrogens with zero attached hydrogens (tertiary/aromatic N) is 1. The summed E-state index contributed by atoms with van der Waals surface area (Å²) in [4.78, 5) is -0.237. The average Bonchev–Trinajstić information content (AvgIpc) is 2.68. The van der Waals surface area contributed by atoms with E-state index in [0.29, 0.717) is 6.07 Å². The summed E-state index contributed by atoms with van der Waals surface area (Å²) in [5.74, 6) is 3.57. The summed E-state index contributed by atoms with van der Waals surface area (Å²) in [5, 5.41) is 9.16. The largest absolute Gasteiger partial charge is 0.398 e. The fourth-order valence-electron chi connectivity index (χ4n) is 2.46. The van der Waals surface area contributed by atoms with E-state index in [4.69, 9.17) is 11.0 Å². The fraction of sp³-hybridized carbons (Fsp3) is 0. The Hall–Kier alpha value is -3.68. The van der Waals surface area contributed by atoms with Crippen LogP contribution in [-0.4, -0.2) is 8.42 Å². The summed E-state index contributed by atoms with van der Waals surface area (Å²) in [5.41, 5.74) is 6.18. The summed E-state index contributed by atoms with van der Waals surface area (Å²) in [6.45, 7) is 0. The molecule has 7 heteroatoms. The maximum Gasteiger partial charge on any atom is 0.207 e. The third-order valence-electron chi connectivity index (χ3n) is 3.90. The van der Waals surface area contributed by atoms with Crippen LogP contribution < -0.4 is 5.73 Å². The van der Waals surface area contributed by atoms with E-state index >= 15 is 0 Å². The molecule has 0 atom stereocenters. The highest BCUT2D eigenvalue weighted by atomic mass is 32.2. The summed E-state index contributed by atoms with van der Waals surface area (Å²) < 4.78 is 52.5. The van der Waals surface area contributed by atoms with Gasteiger partial charge in [0.15, 0.2) is 0 Å². The first-order valence-corrected chi connectivity index (χ1v) is 9.42. The van der Waals surface area contributed by atoms with Crippen molar-refractivity contribution in [2.24, 2.45) is 0 Å². The lowest BCUT2D eigenvalue weighted by atomic mass is 10.1. The zero-order chi connectivity index (χ0) is 20.3. The number of hydrogen-bond donors (Lipinski definition) is 1. The molecule has 3 aromatic rings. The van der Waals surface area contributed by atoms with Crippen molar-refractivity contribution in [1.82, 2.24) is 0 Å². The van der Waals surface area contributed by atoms with Gasteiger partial charge in [-0.15, -0.1) is 0 Å². The van der Waals surface area contributed by atoms with Gasteiger partial charge in [-0.3, -0.25) is 0 Å². The molecule has 0 bridgehead atoms. The molecule has 0 unspecified atom stereocenters. The Morgan fingerprint density at radius 3 is 2.29 bits per heavy atom. The molecule has 0 aliphatic heterocycles. The van der Waals surface area contributed by atoms with E-state index in [1.807, 2.05) is 6.07 Å². The van der Waals surface area contributed by atoms with Crippen molar-refractivity contribution in [2.75, 3.05) is 5.73 Å². The van der Waals surface area contributed by atoms with Crippen LogP contribution in [0.5, 0.6) is 0 Å². The molecule has 0 aromatic heterocycles. The maximum atomic E-state index is 13.7. The van der Waals surface area contributed by atoms with Crippen molar-refractivity contribution < 1.29 is 17.2 Å². The molecular weight excluding hydrogens is 382 g/mol. The van der Waals surface area contributed by atoms with Gasteiger partial charge in [-0.1, -0.05) is 24.0 Å². The molecule has 2 N–H and O–H groups in total. The lowest BCUT2D eigenvalue weighted by molar-refractivity contribution is 0.581. The van der Waals surface area contributed by atoms with E-state index in [9.17, 15) is 17.2 Å². The second-order valence-electron chi connectivity index (χ2n) is 5.73. The van der Waals surface area contributed by atoms with Crippen LogP contribution in [0, 0.1) is 34.8 Å². The monoisotopic (exact) mass is 394 g/mol. The van der Waals surface area contributed by atoms with Gasteiger partial charge in [0, 0.05) is 17.3 Å². The number of hydrogen-bond acceptors (Lipinski definition) is 4. The molecule has 3 rings (SSSR count). The Balaban J connectivity index is 2.08. The molecule has 0 aliphatic carbocycles. The molecule has 138 valence electrons. The molecule has 3 aromatic carbocycles. The molecule has 0 spiro atoms. The van der Waals surface area contributed by atoms with Gasteiger partial charge in [-0.2, -0.15) is 5.26 Å². The van der Waals surface area contributed by atoms with Gasteiger partial charge < -0.3 is 5.73 Å². The predicted octanol–water partition coefficient (Wildman–Crippen LogP) is 3.65. The van der Waals surface area contributed by atoms with Gasteiger partial charge in [-0.25, -0.2) is 17.2 Å². The van der Waals surface area contributed by atoms with Crippen LogP contribution in [0.15, 0.2) is 70.5 Å². The average molecular weight is 394 g/mol. The second-order valence-corrected chi connectivity index (χ2v) is 7.65. The van der Waals surface area contributed by atoms with Crippen molar-refractivity contribution in [3.63, 3.8) is 0 Å². The number of anilines is 1. The fourth-order valence-corrected chi connectivity index (χ4v) is 3.89. The van der Waals surface area contributed by atoms with Crippen LogP contribution in [0.4, 0.5) is 14.5 Å². The molecule has 0 fully saturated rings. The number of halogens is 2. The minimum Gasteiger partial charge on any atom is -0.398 e. The number of sulfone groups is 1. The topological polar surface area (TPSA) is 84.0 Å². The Kier molecular flexibility index (Phi) is 5.12. The zero-order valence-corrected chi connectivity index (χ0v) is 15.1. The number of rotatable bonds is 2. The van der Waals surface area contributed by atoms with E-state index < -0.39 is 21.5 Å². The highest BCUT2D eigenvalue weighted by molar-refractivity contribution is 7.91. The van der Waals surface area contributed by atoms with Gasteiger partial charge in [0.05, 0.1) is 20.9 Å². The normalized spacial score (nSPS) is 10.6. The summed E-state index contributed by atoms with van der Waals surface area (Å²) >= 11 is 0. The highest BCUT2D eigenvalue weighted by Gasteiger charge is 2.21. The molecule has 0 saturated heterocycles. The Labute approximate surface area is 160 Å². The number of nitrogen functional groups attached to an aromatic ring is 1. The van der Waals surface area contributed by atoms with E-state index in [0.717, 1.165) is 6.07 Å². The minimum absolute atomic E-state index is 0.0142. The molecular formula is C21H12F2N2O2S. The lowest BCUT2D eigenvalue weighted by Gasteiger charge is -2.08. The minimum atomic E-state index is -3.99. The van der Waals surface area contributed by atoms with E-state index in [1.54, 1.807) is 6.07 Å². The van der Waals surface area contributed by atoms with Crippen LogP contribution in [0.25, 0.3) is 0 Å². The number of benzene rings is 3. The van der Waals surface area contributed by atoms with Crippen molar-refractivity contribution in [2.45, 2.75) is 9.79 Å². The summed E-state index contributed by atoms with van der Waals surface area (Å²) in [6.07, 6.45) is 0. The first-order chi connectivity index (χ1) is 13.3. The van der Waals surface area contributed by atoms with Crippen molar-refractivity contribution in [3.05, 3.63) is 89.0 Å². The van der Waals surface area contributed by atoms with Crippen LogP contribution in [0.1, 0.15) is 16.7 Å². The molecule has 0 amide bonds. The molecule has 0 radical (unpaired) electrons. The maximum absolute atomic E-state index is 13.7. The van der Waals surface area contributed by atoms with E-state index in [2.05, 4.69) is 11.8 Å². The molecule has 0 heterocycles. The second kappa shape index (κ2) is 7.51. The molecule has 4 nitrogen and oxygen atoms in total. The van der Waals surface area contributed by atoms with Gasteiger partial charge in [0.2, 0.25) is 9.84 Å².